The van der Waals surface area contributed by atoms with E-state index in [1.165, 1.54) is 0 Å². The van der Waals surface area contributed by atoms with E-state index >= 15 is 0 Å². The second-order valence-electron chi connectivity index (χ2n) is 11.4. The molecule has 4 aliphatic rings. The summed E-state index contributed by atoms with van der Waals surface area (Å²) in [5.74, 6) is -0.228. The summed E-state index contributed by atoms with van der Waals surface area (Å²) in [6, 6.07) is 0. The van der Waals surface area contributed by atoms with E-state index in [2.05, 4.69) is 6.08 Å². The van der Waals surface area contributed by atoms with Crippen molar-refractivity contribution in [2.24, 2.45) is 29.1 Å². The number of rotatable bonds is 5. The first-order valence-electron chi connectivity index (χ1n) is 12.8. The zero-order chi connectivity index (χ0) is 25.8. The molecule has 0 aromatic carbocycles. The van der Waals surface area contributed by atoms with Crippen molar-refractivity contribution in [1.29, 1.82) is 0 Å². The van der Waals surface area contributed by atoms with Gasteiger partial charge in [0.2, 0.25) is 0 Å². The van der Waals surface area contributed by atoms with Crippen LogP contribution in [0.15, 0.2) is 22.8 Å². The van der Waals surface area contributed by atoms with Gasteiger partial charge < -0.3 is 45.2 Å². The number of ether oxygens (including phenoxy) is 2. The smallest absolute Gasteiger partial charge is 0.187 e. The van der Waals surface area contributed by atoms with Crippen LogP contribution in [0.4, 0.5) is 0 Å². The SMILES string of the molecule is CC(C)C1=C2[C@@H](O[C@H]3O[C@H](CO)[C@@H](O)[C@H](O)[C@H]3O)[C@H](O)[C@H](C)[C@@H]3CC[C@@H](CO)C3=C[C@@]2(C)[C@@H](O)C1. The first-order valence-corrected chi connectivity index (χ1v) is 12.8. The maximum Gasteiger partial charge on any atom is 0.187 e. The average molecular weight is 499 g/mol. The molecule has 0 aromatic heterocycles. The monoisotopic (exact) mass is 498 g/mol. The van der Waals surface area contributed by atoms with Crippen LogP contribution in [0.5, 0.6) is 0 Å². The molecule has 1 saturated carbocycles. The topological polar surface area (TPSA) is 160 Å². The zero-order valence-electron chi connectivity index (χ0n) is 21.0. The third-order valence-corrected chi connectivity index (χ3v) is 9.04. The number of fused-ring (bicyclic) bond motifs is 2. The lowest BCUT2D eigenvalue weighted by atomic mass is 9.68. The Morgan fingerprint density at radius 3 is 2.29 bits per heavy atom. The average Bonchev–Trinajstić information content (AvgIpc) is 3.33. The Hall–Kier alpha value is -0.880. The summed E-state index contributed by atoms with van der Waals surface area (Å²) >= 11 is 0. The van der Waals surface area contributed by atoms with Crippen molar-refractivity contribution in [3.8, 4) is 0 Å². The molecule has 7 N–H and O–H groups in total. The highest BCUT2D eigenvalue weighted by atomic mass is 16.7. The lowest BCUT2D eigenvalue weighted by Crippen LogP contribution is -2.60. The second kappa shape index (κ2) is 10.1. The van der Waals surface area contributed by atoms with E-state index in [4.69, 9.17) is 9.47 Å². The predicted octanol–water partition coefficient (Wildman–Crippen LogP) is -0.149. The van der Waals surface area contributed by atoms with E-state index in [9.17, 15) is 35.7 Å². The van der Waals surface area contributed by atoms with Crippen LogP contribution in [-0.4, -0.2) is 98.0 Å². The summed E-state index contributed by atoms with van der Waals surface area (Å²) in [5, 5.41) is 73.8. The van der Waals surface area contributed by atoms with Crippen molar-refractivity contribution in [2.45, 2.75) is 96.0 Å². The Balaban J connectivity index is 1.81. The number of hydrogen-bond donors (Lipinski definition) is 7. The van der Waals surface area contributed by atoms with Gasteiger partial charge in [-0.2, -0.15) is 0 Å². The van der Waals surface area contributed by atoms with Crippen LogP contribution in [-0.2, 0) is 9.47 Å². The summed E-state index contributed by atoms with van der Waals surface area (Å²) in [6.45, 7) is 7.33. The van der Waals surface area contributed by atoms with Gasteiger partial charge in [-0.25, -0.2) is 0 Å². The number of aliphatic hydroxyl groups excluding tert-OH is 7. The van der Waals surface area contributed by atoms with E-state index in [-0.39, 0.29) is 30.3 Å². The Morgan fingerprint density at radius 1 is 1.00 bits per heavy atom. The van der Waals surface area contributed by atoms with Gasteiger partial charge in [-0.3, -0.25) is 0 Å². The summed E-state index contributed by atoms with van der Waals surface area (Å²) in [6.07, 6.45) is -5.93. The van der Waals surface area contributed by atoms with Crippen LogP contribution in [0.1, 0.15) is 47.0 Å². The lowest BCUT2D eigenvalue weighted by Gasteiger charge is -2.46. The largest absolute Gasteiger partial charge is 0.396 e. The minimum atomic E-state index is -1.60. The van der Waals surface area contributed by atoms with E-state index in [0.717, 1.165) is 29.6 Å². The quantitative estimate of drug-likeness (QED) is 0.256. The molecule has 1 heterocycles. The zero-order valence-corrected chi connectivity index (χ0v) is 21.0. The number of aliphatic hydroxyl groups is 7. The van der Waals surface area contributed by atoms with Gasteiger partial charge in [0.25, 0.3) is 0 Å². The van der Waals surface area contributed by atoms with E-state index < -0.39 is 61.0 Å². The Labute approximate surface area is 206 Å². The fourth-order valence-corrected chi connectivity index (χ4v) is 6.77. The molecule has 0 spiro atoms. The molecule has 0 amide bonds. The first kappa shape index (κ1) is 27.2. The van der Waals surface area contributed by atoms with Crippen molar-refractivity contribution in [2.75, 3.05) is 13.2 Å². The molecule has 1 saturated heterocycles. The van der Waals surface area contributed by atoms with E-state index in [1.807, 2.05) is 27.7 Å². The Bertz CT molecular complexity index is 839. The molecule has 9 nitrogen and oxygen atoms in total. The predicted molar refractivity (Wildman–Crippen MR) is 126 cm³/mol. The molecule has 2 fully saturated rings. The minimum Gasteiger partial charge on any atom is -0.396 e. The Morgan fingerprint density at radius 2 is 1.69 bits per heavy atom. The molecule has 9 heteroatoms. The standard InChI is InChI=1S/C26H42O9/c1-11(2)15-7-18(29)26(4)8-16-13(9-27)5-6-14(16)12(3)20(30)24(19(15)26)35-25-23(33)22(32)21(31)17(10-28)34-25/h8,11-14,17-18,20-25,27-33H,5-7,9-10H2,1-4H3/t12-,13+,14+,17-,18+,20-,21-,22+,23-,24-,25-,26+/m1/s1. The van der Waals surface area contributed by atoms with Crippen molar-refractivity contribution < 1.29 is 45.2 Å². The van der Waals surface area contributed by atoms with Gasteiger partial charge in [-0.05, 0) is 49.5 Å². The summed E-state index contributed by atoms with van der Waals surface area (Å²) in [4.78, 5) is 0. The highest BCUT2D eigenvalue weighted by molar-refractivity contribution is 5.43. The maximum absolute atomic E-state index is 11.7. The molecule has 0 unspecified atom stereocenters. The molecule has 3 aliphatic carbocycles. The van der Waals surface area contributed by atoms with Gasteiger partial charge in [-0.1, -0.05) is 38.0 Å². The number of hydrogen-bond acceptors (Lipinski definition) is 9. The molecule has 0 radical (unpaired) electrons. The van der Waals surface area contributed by atoms with Crippen molar-refractivity contribution in [3.63, 3.8) is 0 Å². The summed E-state index contributed by atoms with van der Waals surface area (Å²) in [5.41, 5.74) is 1.88. The highest BCUT2D eigenvalue weighted by Crippen LogP contribution is 2.55. The Kier molecular flexibility index (Phi) is 7.85. The first-order chi connectivity index (χ1) is 16.5. The van der Waals surface area contributed by atoms with Gasteiger partial charge in [0.05, 0.1) is 18.8 Å². The second-order valence-corrected chi connectivity index (χ2v) is 11.4. The van der Waals surface area contributed by atoms with Gasteiger partial charge in [0.1, 0.15) is 30.5 Å². The molecule has 0 aromatic rings. The van der Waals surface area contributed by atoms with Gasteiger partial charge in [-0.15, -0.1) is 0 Å². The van der Waals surface area contributed by atoms with Gasteiger partial charge in [0.15, 0.2) is 6.29 Å². The van der Waals surface area contributed by atoms with E-state index in [0.29, 0.717) is 6.42 Å². The van der Waals surface area contributed by atoms with Gasteiger partial charge in [0, 0.05) is 17.9 Å². The third kappa shape index (κ3) is 4.43. The molecule has 4 rings (SSSR count). The molecular formula is C26H42O9. The van der Waals surface area contributed by atoms with Crippen molar-refractivity contribution in [1.82, 2.24) is 0 Å². The van der Waals surface area contributed by atoms with Crippen LogP contribution in [0, 0.1) is 29.1 Å². The fourth-order valence-electron chi connectivity index (χ4n) is 6.77. The van der Waals surface area contributed by atoms with Crippen LogP contribution in [0.25, 0.3) is 0 Å². The van der Waals surface area contributed by atoms with Crippen LogP contribution in [0.2, 0.25) is 0 Å². The third-order valence-electron chi connectivity index (χ3n) is 9.04. The normalized spacial score (nSPS) is 48.5. The molecule has 1 aliphatic heterocycles. The lowest BCUT2D eigenvalue weighted by molar-refractivity contribution is -0.315. The molecule has 0 bridgehead atoms. The summed E-state index contributed by atoms with van der Waals surface area (Å²) in [7, 11) is 0. The molecule has 200 valence electrons. The minimum absolute atomic E-state index is 0.00303. The van der Waals surface area contributed by atoms with Crippen molar-refractivity contribution in [3.05, 3.63) is 22.8 Å². The fraction of sp³-hybridized carbons (Fsp3) is 0.846. The van der Waals surface area contributed by atoms with Crippen LogP contribution < -0.4 is 0 Å². The molecular weight excluding hydrogens is 456 g/mol. The molecule has 12 atom stereocenters. The van der Waals surface area contributed by atoms with Crippen LogP contribution >= 0.6 is 0 Å². The summed E-state index contributed by atoms with van der Waals surface area (Å²) < 4.78 is 11.9. The highest BCUT2D eigenvalue weighted by Gasteiger charge is 2.55. The van der Waals surface area contributed by atoms with Crippen LogP contribution in [0.3, 0.4) is 0 Å². The maximum atomic E-state index is 11.7. The van der Waals surface area contributed by atoms with E-state index in [1.54, 1.807) is 0 Å². The van der Waals surface area contributed by atoms with Crippen molar-refractivity contribution >= 4 is 0 Å². The van der Waals surface area contributed by atoms with Gasteiger partial charge >= 0.3 is 0 Å². The molecule has 35 heavy (non-hydrogen) atoms.